The summed E-state index contributed by atoms with van der Waals surface area (Å²) in [4.78, 5) is 7.61. The first-order valence-corrected chi connectivity index (χ1v) is 3.62. The van der Waals surface area contributed by atoms with Crippen molar-refractivity contribution in [2.24, 2.45) is 5.90 Å². The molecule has 1 heterocycles. The van der Waals surface area contributed by atoms with Crippen molar-refractivity contribution in [3.05, 3.63) is 24.0 Å². The van der Waals surface area contributed by atoms with Crippen molar-refractivity contribution in [1.29, 1.82) is 0 Å². The molecule has 1 aromatic rings. The predicted octanol–water partition coefficient (Wildman–Crippen LogP) is 1.18. The van der Waals surface area contributed by atoms with E-state index in [0.29, 0.717) is 6.61 Å². The molecule has 0 saturated heterocycles. The van der Waals surface area contributed by atoms with Crippen LogP contribution < -0.4 is 5.90 Å². The number of aromatic amines is 1. The highest BCUT2D eigenvalue weighted by Crippen LogP contribution is 2.21. The third-order valence-electron chi connectivity index (χ3n) is 1.82. The molecule has 1 rings (SSSR count). The van der Waals surface area contributed by atoms with E-state index in [9.17, 15) is 0 Å². The first-order chi connectivity index (χ1) is 5.17. The van der Waals surface area contributed by atoms with Crippen LogP contribution in [-0.2, 0) is 10.3 Å². The highest BCUT2D eigenvalue weighted by molar-refractivity contribution is 5.19. The van der Waals surface area contributed by atoms with Crippen LogP contribution in [0.1, 0.15) is 19.4 Å². The average molecular weight is 154 g/mol. The van der Waals surface area contributed by atoms with E-state index in [1.165, 1.54) is 5.56 Å². The fraction of sp³-hybridized carbons (Fsp3) is 0.500. The molecule has 3 N–H and O–H groups in total. The Labute approximate surface area is 66.5 Å². The Morgan fingerprint density at radius 3 is 2.82 bits per heavy atom. The molecular weight excluding hydrogens is 140 g/mol. The molecule has 0 atom stereocenters. The van der Waals surface area contributed by atoms with Gasteiger partial charge in [-0.05, 0) is 11.6 Å². The first-order valence-electron chi connectivity index (χ1n) is 3.62. The molecule has 0 aromatic carbocycles. The minimum Gasteiger partial charge on any atom is -0.367 e. The second-order valence-electron chi connectivity index (χ2n) is 3.29. The van der Waals surface area contributed by atoms with Gasteiger partial charge < -0.3 is 9.82 Å². The molecule has 1 aromatic heterocycles. The van der Waals surface area contributed by atoms with Gasteiger partial charge in [-0.25, -0.2) is 5.90 Å². The van der Waals surface area contributed by atoms with Gasteiger partial charge in [-0.15, -0.1) is 0 Å². The van der Waals surface area contributed by atoms with Gasteiger partial charge in [-0.1, -0.05) is 13.8 Å². The van der Waals surface area contributed by atoms with Crippen molar-refractivity contribution in [2.45, 2.75) is 19.3 Å². The zero-order chi connectivity index (χ0) is 8.32. The summed E-state index contributed by atoms with van der Waals surface area (Å²) in [6.45, 7) is 4.71. The standard InChI is InChI=1S/C8H14N2O/c1-8(2,6-11-9)7-3-4-10-5-7/h3-5,10H,6,9H2,1-2H3. The molecule has 0 aliphatic rings. The average Bonchev–Trinajstić information content (AvgIpc) is 2.37. The van der Waals surface area contributed by atoms with Gasteiger partial charge in [-0.3, -0.25) is 0 Å². The SMILES string of the molecule is CC(C)(CON)c1cc[nH]c1. The molecule has 0 aliphatic carbocycles. The van der Waals surface area contributed by atoms with Crippen molar-refractivity contribution in [2.75, 3.05) is 6.61 Å². The van der Waals surface area contributed by atoms with Crippen LogP contribution in [0.2, 0.25) is 0 Å². The Morgan fingerprint density at radius 2 is 2.36 bits per heavy atom. The number of rotatable bonds is 3. The van der Waals surface area contributed by atoms with Gasteiger partial charge in [0.1, 0.15) is 0 Å². The highest BCUT2D eigenvalue weighted by Gasteiger charge is 2.20. The fourth-order valence-corrected chi connectivity index (χ4v) is 1.04. The van der Waals surface area contributed by atoms with Crippen LogP contribution in [-0.4, -0.2) is 11.6 Å². The van der Waals surface area contributed by atoms with E-state index in [-0.39, 0.29) is 5.41 Å². The van der Waals surface area contributed by atoms with Crippen molar-refractivity contribution in [3.8, 4) is 0 Å². The van der Waals surface area contributed by atoms with Crippen molar-refractivity contribution in [3.63, 3.8) is 0 Å². The number of aromatic nitrogens is 1. The molecule has 11 heavy (non-hydrogen) atoms. The minimum atomic E-state index is -0.00521. The maximum Gasteiger partial charge on any atom is 0.0771 e. The zero-order valence-electron chi connectivity index (χ0n) is 6.92. The van der Waals surface area contributed by atoms with Gasteiger partial charge in [0.05, 0.1) is 6.61 Å². The number of nitrogens with two attached hydrogens (primary N) is 1. The summed E-state index contributed by atoms with van der Waals surface area (Å²) in [5, 5.41) is 0. The van der Waals surface area contributed by atoms with Crippen LogP contribution in [0.5, 0.6) is 0 Å². The highest BCUT2D eigenvalue weighted by atomic mass is 16.6. The van der Waals surface area contributed by atoms with Crippen LogP contribution in [0.4, 0.5) is 0 Å². The number of nitrogens with one attached hydrogen (secondary N) is 1. The van der Waals surface area contributed by atoms with Gasteiger partial charge in [0.15, 0.2) is 0 Å². The van der Waals surface area contributed by atoms with E-state index < -0.39 is 0 Å². The van der Waals surface area contributed by atoms with Crippen LogP contribution in [0.25, 0.3) is 0 Å². The van der Waals surface area contributed by atoms with E-state index in [1.54, 1.807) is 0 Å². The molecule has 0 saturated carbocycles. The van der Waals surface area contributed by atoms with E-state index >= 15 is 0 Å². The smallest absolute Gasteiger partial charge is 0.0771 e. The molecule has 0 spiro atoms. The van der Waals surface area contributed by atoms with Gasteiger partial charge >= 0.3 is 0 Å². The van der Waals surface area contributed by atoms with Crippen molar-refractivity contribution >= 4 is 0 Å². The first kappa shape index (κ1) is 8.30. The van der Waals surface area contributed by atoms with Crippen molar-refractivity contribution < 1.29 is 4.84 Å². The third-order valence-corrected chi connectivity index (χ3v) is 1.82. The minimum absolute atomic E-state index is 0.00521. The lowest BCUT2D eigenvalue weighted by Crippen LogP contribution is -2.25. The Balaban J connectivity index is 2.73. The molecule has 0 aliphatic heterocycles. The molecule has 0 unspecified atom stereocenters. The second kappa shape index (κ2) is 3.07. The van der Waals surface area contributed by atoms with Gasteiger partial charge in [-0.2, -0.15) is 0 Å². The van der Waals surface area contributed by atoms with Crippen molar-refractivity contribution in [1.82, 2.24) is 4.98 Å². The normalized spacial score (nSPS) is 11.9. The molecular formula is C8H14N2O. The Bertz CT molecular complexity index is 204. The predicted molar refractivity (Wildman–Crippen MR) is 44.0 cm³/mol. The molecule has 0 fully saturated rings. The summed E-state index contributed by atoms with van der Waals surface area (Å²) in [7, 11) is 0. The third kappa shape index (κ3) is 1.82. The quantitative estimate of drug-likeness (QED) is 0.642. The lowest BCUT2D eigenvalue weighted by molar-refractivity contribution is 0.0965. The summed E-state index contributed by atoms with van der Waals surface area (Å²) in [5.41, 5.74) is 1.21. The van der Waals surface area contributed by atoms with E-state index in [4.69, 9.17) is 5.90 Å². The zero-order valence-corrected chi connectivity index (χ0v) is 6.92. The Hall–Kier alpha value is -0.800. The molecule has 0 bridgehead atoms. The van der Waals surface area contributed by atoms with Gasteiger partial charge in [0.2, 0.25) is 0 Å². The van der Waals surface area contributed by atoms with Crippen LogP contribution in [0, 0.1) is 0 Å². The van der Waals surface area contributed by atoms with Gasteiger partial charge in [0, 0.05) is 17.8 Å². The fourth-order valence-electron chi connectivity index (χ4n) is 1.04. The topological polar surface area (TPSA) is 51.0 Å². The number of hydrogen-bond donors (Lipinski definition) is 2. The maximum absolute atomic E-state index is 5.01. The maximum atomic E-state index is 5.01. The van der Waals surface area contributed by atoms with Crippen LogP contribution in [0.3, 0.4) is 0 Å². The number of hydrogen-bond acceptors (Lipinski definition) is 2. The van der Waals surface area contributed by atoms with E-state index in [1.807, 2.05) is 18.5 Å². The summed E-state index contributed by atoms with van der Waals surface area (Å²) < 4.78 is 0. The molecule has 62 valence electrons. The monoisotopic (exact) mass is 154 g/mol. The van der Waals surface area contributed by atoms with E-state index in [0.717, 1.165) is 0 Å². The molecule has 3 nitrogen and oxygen atoms in total. The summed E-state index contributed by atoms with van der Waals surface area (Å²) in [6, 6.07) is 2.03. The number of H-pyrrole nitrogens is 1. The van der Waals surface area contributed by atoms with E-state index in [2.05, 4.69) is 23.7 Å². The Morgan fingerprint density at radius 1 is 1.64 bits per heavy atom. The van der Waals surface area contributed by atoms with Crippen LogP contribution in [0.15, 0.2) is 18.5 Å². The van der Waals surface area contributed by atoms with Crippen LogP contribution >= 0.6 is 0 Å². The second-order valence-corrected chi connectivity index (χ2v) is 3.29. The lowest BCUT2D eigenvalue weighted by atomic mass is 9.88. The summed E-state index contributed by atoms with van der Waals surface area (Å²) >= 11 is 0. The Kier molecular flexibility index (Phi) is 2.31. The summed E-state index contributed by atoms with van der Waals surface area (Å²) in [6.07, 6.45) is 3.85. The summed E-state index contributed by atoms with van der Waals surface area (Å²) in [5.74, 6) is 5.01. The molecule has 0 amide bonds. The van der Waals surface area contributed by atoms with Gasteiger partial charge in [0.25, 0.3) is 0 Å². The molecule has 3 heteroatoms. The lowest BCUT2D eigenvalue weighted by Gasteiger charge is -2.21. The molecule has 0 radical (unpaired) electrons. The largest absolute Gasteiger partial charge is 0.367 e.